The maximum atomic E-state index is 12.0. The summed E-state index contributed by atoms with van der Waals surface area (Å²) >= 11 is 1.29. The van der Waals surface area contributed by atoms with E-state index in [2.05, 4.69) is 11.4 Å². The Morgan fingerprint density at radius 3 is 2.55 bits per heavy atom. The number of hydrogen-bond donors (Lipinski definition) is 1. The second-order valence-corrected chi connectivity index (χ2v) is 6.54. The molecule has 0 saturated carbocycles. The van der Waals surface area contributed by atoms with E-state index >= 15 is 0 Å². The molecule has 1 amide bonds. The molecule has 1 aromatic carbocycles. The number of thioether (sulfide) groups is 1. The number of carbonyl (C=O) groups excluding carboxylic acids is 1. The highest BCUT2D eigenvalue weighted by Gasteiger charge is 2.22. The second kappa shape index (κ2) is 6.98. The number of benzene rings is 1. The number of nitrogens with zero attached hydrogens (tertiary/aromatic N) is 2. The number of hydrogen-bond acceptors (Lipinski definition) is 4. The van der Waals surface area contributed by atoms with Crippen LogP contribution in [-0.4, -0.2) is 11.2 Å². The highest BCUT2D eigenvalue weighted by atomic mass is 32.2. The van der Waals surface area contributed by atoms with Gasteiger partial charge in [0.1, 0.15) is 5.25 Å². The van der Waals surface area contributed by atoms with Gasteiger partial charge in [0.25, 0.3) is 0 Å². The van der Waals surface area contributed by atoms with Gasteiger partial charge in [-0.25, -0.2) is 0 Å². The normalized spacial score (nSPS) is 12.1. The van der Waals surface area contributed by atoms with Gasteiger partial charge in [-0.3, -0.25) is 4.79 Å². The fraction of sp³-hybridized carbons (Fsp3) is 0.400. The Bertz CT molecular complexity index is 564. The number of para-hydroxylation sites is 1. The summed E-state index contributed by atoms with van der Waals surface area (Å²) in [7, 11) is 0. The van der Waals surface area contributed by atoms with Crippen LogP contribution >= 0.6 is 11.8 Å². The summed E-state index contributed by atoms with van der Waals surface area (Å²) in [5, 5.41) is 20.1. The van der Waals surface area contributed by atoms with Gasteiger partial charge < -0.3 is 5.32 Å². The van der Waals surface area contributed by atoms with Gasteiger partial charge >= 0.3 is 0 Å². The molecule has 0 aliphatic carbocycles. The first-order chi connectivity index (χ1) is 9.38. The third-order valence-electron chi connectivity index (χ3n) is 2.51. The van der Waals surface area contributed by atoms with E-state index < -0.39 is 10.7 Å². The van der Waals surface area contributed by atoms with Gasteiger partial charge in [-0.05, 0) is 12.1 Å². The molecule has 0 heterocycles. The zero-order chi connectivity index (χ0) is 15.2. The zero-order valence-corrected chi connectivity index (χ0v) is 12.6. The van der Waals surface area contributed by atoms with Crippen LogP contribution in [0.2, 0.25) is 0 Å². The quantitative estimate of drug-likeness (QED) is 0.859. The minimum atomic E-state index is -0.487. The summed E-state index contributed by atoms with van der Waals surface area (Å²) < 4.78 is 0. The molecule has 0 radical (unpaired) electrons. The van der Waals surface area contributed by atoms with Crippen molar-refractivity contribution in [3.8, 4) is 12.1 Å². The molecule has 0 aliphatic rings. The standard InChI is InChI=1S/C15H17N3OS/c1-15(2,3)14(19)18-12-6-4-5-7-13(12)20-11(10-17)8-9-16/h4-7,11H,8H2,1-3H3,(H,18,19). The predicted octanol–water partition coefficient (Wildman–Crippen LogP) is 3.57. The van der Waals surface area contributed by atoms with Gasteiger partial charge in [0, 0.05) is 10.3 Å². The van der Waals surface area contributed by atoms with Crippen LogP contribution in [0.1, 0.15) is 27.2 Å². The second-order valence-electron chi connectivity index (χ2n) is 5.30. The van der Waals surface area contributed by atoms with E-state index in [1.807, 2.05) is 45.0 Å². The first-order valence-corrected chi connectivity index (χ1v) is 7.10. The Morgan fingerprint density at radius 2 is 2.00 bits per heavy atom. The Morgan fingerprint density at radius 1 is 1.35 bits per heavy atom. The molecular formula is C15H17N3OS. The van der Waals surface area contributed by atoms with Crippen LogP contribution < -0.4 is 5.32 Å². The van der Waals surface area contributed by atoms with Crippen LogP contribution in [0.4, 0.5) is 5.69 Å². The maximum absolute atomic E-state index is 12.0. The molecule has 0 spiro atoms. The van der Waals surface area contributed by atoms with E-state index in [1.54, 1.807) is 6.07 Å². The molecule has 5 heteroatoms. The zero-order valence-electron chi connectivity index (χ0n) is 11.8. The van der Waals surface area contributed by atoms with Crippen LogP contribution in [0.15, 0.2) is 29.2 Å². The van der Waals surface area contributed by atoms with Crippen molar-refractivity contribution in [1.82, 2.24) is 0 Å². The van der Waals surface area contributed by atoms with Crippen LogP contribution in [0.25, 0.3) is 0 Å². The van der Waals surface area contributed by atoms with E-state index in [4.69, 9.17) is 10.5 Å². The summed E-state index contributed by atoms with van der Waals surface area (Å²) in [6.07, 6.45) is 0.155. The summed E-state index contributed by atoms with van der Waals surface area (Å²) in [6, 6.07) is 11.4. The molecule has 0 fully saturated rings. The monoisotopic (exact) mass is 287 g/mol. The smallest absolute Gasteiger partial charge is 0.229 e. The van der Waals surface area contributed by atoms with Crippen molar-refractivity contribution in [3.05, 3.63) is 24.3 Å². The molecule has 1 rings (SSSR count). The molecule has 4 nitrogen and oxygen atoms in total. The molecule has 0 saturated heterocycles. The van der Waals surface area contributed by atoms with Crippen molar-refractivity contribution in [1.29, 1.82) is 10.5 Å². The van der Waals surface area contributed by atoms with Crippen LogP contribution in [-0.2, 0) is 4.79 Å². The van der Waals surface area contributed by atoms with Crippen LogP contribution in [0.3, 0.4) is 0 Å². The molecular weight excluding hydrogens is 270 g/mol. The van der Waals surface area contributed by atoms with Crippen molar-refractivity contribution in [3.63, 3.8) is 0 Å². The third-order valence-corrected chi connectivity index (χ3v) is 3.67. The van der Waals surface area contributed by atoms with Gasteiger partial charge in [-0.1, -0.05) is 32.9 Å². The number of nitrogens with one attached hydrogen (secondary N) is 1. The van der Waals surface area contributed by atoms with E-state index in [0.717, 1.165) is 4.90 Å². The SMILES string of the molecule is CC(C)(C)C(=O)Nc1ccccc1SC(C#N)CC#N. The van der Waals surface area contributed by atoms with Crippen molar-refractivity contribution < 1.29 is 4.79 Å². The van der Waals surface area contributed by atoms with Crippen molar-refractivity contribution in [2.75, 3.05) is 5.32 Å². The number of rotatable bonds is 4. The lowest BCUT2D eigenvalue weighted by Crippen LogP contribution is -2.27. The molecule has 1 unspecified atom stereocenters. The lowest BCUT2D eigenvalue weighted by molar-refractivity contribution is -0.123. The van der Waals surface area contributed by atoms with E-state index in [1.165, 1.54) is 11.8 Å². The minimum Gasteiger partial charge on any atom is -0.325 e. The summed E-state index contributed by atoms with van der Waals surface area (Å²) in [5.41, 5.74) is 0.189. The fourth-order valence-corrected chi connectivity index (χ4v) is 2.25. The third kappa shape index (κ3) is 4.60. The van der Waals surface area contributed by atoms with Gasteiger partial charge in [0.15, 0.2) is 0 Å². The molecule has 20 heavy (non-hydrogen) atoms. The number of nitriles is 2. The lowest BCUT2D eigenvalue weighted by Gasteiger charge is -2.19. The summed E-state index contributed by atoms with van der Waals surface area (Å²) in [6.45, 7) is 5.52. The molecule has 1 aromatic rings. The lowest BCUT2D eigenvalue weighted by atomic mass is 9.95. The van der Waals surface area contributed by atoms with Gasteiger partial charge in [-0.15, -0.1) is 11.8 Å². The average Bonchev–Trinajstić information content (AvgIpc) is 2.39. The minimum absolute atomic E-state index is 0.0839. The average molecular weight is 287 g/mol. The molecule has 0 bridgehead atoms. The fourth-order valence-electron chi connectivity index (χ4n) is 1.33. The van der Waals surface area contributed by atoms with Gasteiger partial charge in [0.2, 0.25) is 5.91 Å². The molecule has 0 aliphatic heterocycles. The summed E-state index contributed by atoms with van der Waals surface area (Å²) in [4.78, 5) is 12.8. The van der Waals surface area contributed by atoms with Crippen molar-refractivity contribution in [2.45, 2.75) is 37.3 Å². The number of amides is 1. The molecule has 1 atom stereocenters. The number of carbonyl (C=O) groups is 1. The maximum Gasteiger partial charge on any atom is 0.229 e. The highest BCUT2D eigenvalue weighted by molar-refractivity contribution is 8.00. The topological polar surface area (TPSA) is 76.7 Å². The summed E-state index contributed by atoms with van der Waals surface area (Å²) in [5.74, 6) is -0.0839. The van der Waals surface area contributed by atoms with E-state index in [0.29, 0.717) is 5.69 Å². The first-order valence-electron chi connectivity index (χ1n) is 6.22. The van der Waals surface area contributed by atoms with Crippen LogP contribution in [0.5, 0.6) is 0 Å². The van der Waals surface area contributed by atoms with Gasteiger partial charge in [-0.2, -0.15) is 10.5 Å². The first kappa shape index (κ1) is 16.1. The largest absolute Gasteiger partial charge is 0.325 e. The Labute approximate surface area is 123 Å². The molecule has 0 aromatic heterocycles. The van der Waals surface area contributed by atoms with Crippen molar-refractivity contribution >= 4 is 23.4 Å². The Balaban J connectivity index is 2.92. The highest BCUT2D eigenvalue weighted by Crippen LogP contribution is 2.32. The predicted molar refractivity (Wildman–Crippen MR) is 80.0 cm³/mol. The molecule has 104 valence electrons. The molecule has 1 N–H and O–H groups in total. The van der Waals surface area contributed by atoms with E-state index in [9.17, 15) is 4.79 Å². The van der Waals surface area contributed by atoms with E-state index in [-0.39, 0.29) is 12.3 Å². The Kier molecular flexibility index (Phi) is 5.61. The Hall–Kier alpha value is -1.98. The van der Waals surface area contributed by atoms with Crippen LogP contribution in [0, 0.1) is 28.1 Å². The van der Waals surface area contributed by atoms with Crippen molar-refractivity contribution in [2.24, 2.45) is 5.41 Å². The number of anilines is 1. The van der Waals surface area contributed by atoms with Gasteiger partial charge in [0.05, 0.1) is 24.2 Å².